The molecule has 1 unspecified atom stereocenters. The maximum absolute atomic E-state index is 13.5. The fourth-order valence-electron chi connectivity index (χ4n) is 3.98. The lowest BCUT2D eigenvalue weighted by molar-refractivity contribution is 0.0370. The Labute approximate surface area is 165 Å². The van der Waals surface area contributed by atoms with Crippen LogP contribution in [-0.2, 0) is 10.3 Å². The maximum atomic E-state index is 13.5. The minimum Gasteiger partial charge on any atom is -0.379 e. The zero-order chi connectivity index (χ0) is 19.2. The Morgan fingerprint density at radius 1 is 1.00 bits per heavy atom. The summed E-state index contributed by atoms with van der Waals surface area (Å²) in [5, 5.41) is 0. The average Bonchev–Trinajstić information content (AvgIpc) is 3.18. The zero-order valence-electron chi connectivity index (χ0n) is 15.9. The first-order valence-electron chi connectivity index (χ1n) is 9.86. The number of hydrogen-bond donors (Lipinski definition) is 0. The minimum atomic E-state index is -0.569. The highest BCUT2D eigenvalue weighted by molar-refractivity contribution is 6.13. The molecule has 2 aliphatic heterocycles. The van der Waals surface area contributed by atoms with Crippen molar-refractivity contribution in [3.63, 3.8) is 0 Å². The van der Waals surface area contributed by atoms with Crippen LogP contribution in [0.25, 0.3) is 0 Å². The van der Waals surface area contributed by atoms with Crippen LogP contribution in [0.4, 0.5) is 4.39 Å². The summed E-state index contributed by atoms with van der Waals surface area (Å²) < 4.78 is 19.0. The second kappa shape index (κ2) is 8.71. The molecule has 4 rings (SSSR count). The molecule has 2 aromatic rings. The minimum absolute atomic E-state index is 0.240. The largest absolute Gasteiger partial charge is 0.379 e. The SMILES string of the molecule is Fc1ccc(C2(CCCCN3CCOCC3)N=CN=C2c2ccncc2)cc1. The third-order valence-corrected chi connectivity index (χ3v) is 5.50. The summed E-state index contributed by atoms with van der Waals surface area (Å²) >= 11 is 0. The van der Waals surface area contributed by atoms with Crippen molar-refractivity contribution in [1.29, 1.82) is 0 Å². The quantitative estimate of drug-likeness (QED) is 0.692. The molecule has 1 aromatic carbocycles. The molecule has 1 aromatic heterocycles. The standard InChI is InChI=1S/C22H25FN4O/c23-20-5-3-19(4-6-20)22(9-1-2-12-27-13-15-28-16-14-27)21(25-17-26-22)18-7-10-24-11-8-18/h3-8,10-11,17H,1-2,9,12-16H2. The van der Waals surface area contributed by atoms with E-state index < -0.39 is 5.54 Å². The number of pyridine rings is 1. The Morgan fingerprint density at radius 2 is 1.75 bits per heavy atom. The van der Waals surface area contributed by atoms with Gasteiger partial charge in [-0.25, -0.2) is 9.38 Å². The van der Waals surface area contributed by atoms with Gasteiger partial charge in [-0.05, 0) is 55.6 Å². The van der Waals surface area contributed by atoms with Crippen LogP contribution in [0.2, 0.25) is 0 Å². The van der Waals surface area contributed by atoms with Gasteiger partial charge >= 0.3 is 0 Å². The first-order valence-corrected chi connectivity index (χ1v) is 9.86. The molecule has 0 spiro atoms. The fraction of sp³-hybridized carbons (Fsp3) is 0.409. The number of hydrogen-bond acceptors (Lipinski definition) is 5. The van der Waals surface area contributed by atoms with E-state index in [-0.39, 0.29) is 5.82 Å². The Balaban J connectivity index is 1.53. The highest BCUT2D eigenvalue weighted by Gasteiger charge is 2.39. The van der Waals surface area contributed by atoms with Crippen LogP contribution in [0.3, 0.4) is 0 Å². The van der Waals surface area contributed by atoms with Crippen molar-refractivity contribution in [2.75, 3.05) is 32.8 Å². The molecule has 0 saturated carbocycles. The lowest BCUT2D eigenvalue weighted by Crippen LogP contribution is -2.37. The summed E-state index contributed by atoms with van der Waals surface area (Å²) in [7, 11) is 0. The maximum Gasteiger partial charge on any atom is 0.130 e. The van der Waals surface area contributed by atoms with Crippen molar-refractivity contribution in [1.82, 2.24) is 9.88 Å². The normalized spacial score (nSPS) is 22.4. The Hall–Kier alpha value is -2.44. The molecule has 2 aliphatic rings. The number of benzene rings is 1. The summed E-state index contributed by atoms with van der Waals surface area (Å²) in [6.45, 7) is 4.72. The smallest absolute Gasteiger partial charge is 0.130 e. The Bertz CT molecular complexity index is 831. The summed E-state index contributed by atoms with van der Waals surface area (Å²) in [5.41, 5.74) is 2.32. The van der Waals surface area contributed by atoms with E-state index in [2.05, 4.69) is 14.9 Å². The molecular formula is C22H25FN4O. The number of halogens is 1. The summed E-state index contributed by atoms with van der Waals surface area (Å²) in [6, 6.07) is 10.6. The summed E-state index contributed by atoms with van der Waals surface area (Å²) in [5.74, 6) is -0.240. The highest BCUT2D eigenvalue weighted by Crippen LogP contribution is 2.38. The predicted molar refractivity (Wildman–Crippen MR) is 108 cm³/mol. The van der Waals surface area contributed by atoms with E-state index in [0.717, 1.165) is 68.9 Å². The number of ether oxygens (including phenoxy) is 1. The number of unbranched alkanes of at least 4 members (excludes halogenated alkanes) is 1. The van der Waals surface area contributed by atoms with Crippen LogP contribution in [0.15, 0.2) is 58.8 Å². The van der Waals surface area contributed by atoms with Gasteiger partial charge in [-0.1, -0.05) is 12.1 Å². The van der Waals surface area contributed by atoms with Gasteiger partial charge in [0, 0.05) is 31.0 Å². The molecule has 146 valence electrons. The van der Waals surface area contributed by atoms with Crippen molar-refractivity contribution < 1.29 is 9.13 Å². The second-order valence-electron chi connectivity index (χ2n) is 7.24. The van der Waals surface area contributed by atoms with E-state index in [1.54, 1.807) is 18.7 Å². The first-order chi connectivity index (χ1) is 13.8. The van der Waals surface area contributed by atoms with Gasteiger partial charge in [0.1, 0.15) is 17.7 Å². The van der Waals surface area contributed by atoms with E-state index >= 15 is 0 Å². The molecule has 0 aliphatic carbocycles. The van der Waals surface area contributed by atoms with E-state index in [0.29, 0.717) is 0 Å². The monoisotopic (exact) mass is 380 g/mol. The van der Waals surface area contributed by atoms with Crippen molar-refractivity contribution in [3.8, 4) is 0 Å². The molecule has 1 atom stereocenters. The van der Waals surface area contributed by atoms with Gasteiger partial charge in [-0.3, -0.25) is 14.9 Å². The van der Waals surface area contributed by atoms with E-state index in [1.165, 1.54) is 12.1 Å². The lowest BCUT2D eigenvalue weighted by atomic mass is 9.79. The topological polar surface area (TPSA) is 50.1 Å². The first kappa shape index (κ1) is 18.9. The van der Waals surface area contributed by atoms with Gasteiger partial charge < -0.3 is 4.74 Å². The molecule has 1 fully saturated rings. The number of aliphatic imine (C=N–C) groups is 2. The molecule has 6 heteroatoms. The van der Waals surface area contributed by atoms with Crippen molar-refractivity contribution in [2.45, 2.75) is 24.8 Å². The lowest BCUT2D eigenvalue weighted by Gasteiger charge is -2.30. The van der Waals surface area contributed by atoms with Gasteiger partial charge in [-0.2, -0.15) is 0 Å². The zero-order valence-corrected chi connectivity index (χ0v) is 15.9. The van der Waals surface area contributed by atoms with Crippen molar-refractivity contribution >= 4 is 12.1 Å². The molecule has 5 nitrogen and oxygen atoms in total. The number of morpholine rings is 1. The van der Waals surface area contributed by atoms with Gasteiger partial charge in [0.15, 0.2) is 0 Å². The van der Waals surface area contributed by atoms with Gasteiger partial charge in [0.2, 0.25) is 0 Å². The Kier molecular flexibility index (Phi) is 5.88. The predicted octanol–water partition coefficient (Wildman–Crippen LogP) is 3.45. The Morgan fingerprint density at radius 3 is 2.50 bits per heavy atom. The number of aromatic nitrogens is 1. The van der Waals surface area contributed by atoms with Crippen molar-refractivity contribution in [2.24, 2.45) is 9.98 Å². The molecule has 3 heterocycles. The number of rotatable bonds is 7. The second-order valence-corrected chi connectivity index (χ2v) is 7.24. The fourth-order valence-corrected chi connectivity index (χ4v) is 3.98. The molecule has 0 bridgehead atoms. The molecule has 1 saturated heterocycles. The van der Waals surface area contributed by atoms with E-state index in [9.17, 15) is 4.39 Å². The molecule has 0 amide bonds. The molecule has 28 heavy (non-hydrogen) atoms. The van der Waals surface area contributed by atoms with Gasteiger partial charge in [0.05, 0.1) is 18.9 Å². The molecule has 0 radical (unpaired) electrons. The third-order valence-electron chi connectivity index (χ3n) is 5.50. The average molecular weight is 380 g/mol. The van der Waals surface area contributed by atoms with Gasteiger partial charge in [-0.15, -0.1) is 0 Å². The van der Waals surface area contributed by atoms with Crippen LogP contribution >= 0.6 is 0 Å². The highest BCUT2D eigenvalue weighted by atomic mass is 19.1. The van der Waals surface area contributed by atoms with Gasteiger partial charge in [0.25, 0.3) is 0 Å². The molecule has 0 N–H and O–H groups in total. The molecular weight excluding hydrogens is 355 g/mol. The van der Waals surface area contributed by atoms with E-state index in [1.807, 2.05) is 24.3 Å². The van der Waals surface area contributed by atoms with E-state index in [4.69, 9.17) is 9.73 Å². The third kappa shape index (κ3) is 4.03. The summed E-state index contributed by atoms with van der Waals surface area (Å²) in [4.78, 5) is 16.0. The summed E-state index contributed by atoms with van der Waals surface area (Å²) in [6.07, 6.45) is 8.11. The van der Waals surface area contributed by atoms with Crippen LogP contribution in [0.5, 0.6) is 0 Å². The van der Waals surface area contributed by atoms with Crippen LogP contribution < -0.4 is 0 Å². The van der Waals surface area contributed by atoms with Crippen LogP contribution in [0, 0.1) is 5.82 Å². The number of nitrogens with zero attached hydrogens (tertiary/aromatic N) is 4. The van der Waals surface area contributed by atoms with Crippen LogP contribution in [-0.4, -0.2) is 54.8 Å². The van der Waals surface area contributed by atoms with Crippen LogP contribution in [0.1, 0.15) is 30.4 Å². The van der Waals surface area contributed by atoms with Crippen molar-refractivity contribution in [3.05, 3.63) is 65.7 Å².